The third-order valence-corrected chi connectivity index (χ3v) is 7.50. The lowest BCUT2D eigenvalue weighted by Gasteiger charge is -2.38. The van der Waals surface area contributed by atoms with E-state index in [4.69, 9.17) is 9.47 Å². The van der Waals surface area contributed by atoms with Crippen molar-refractivity contribution in [2.24, 2.45) is 5.92 Å². The topological polar surface area (TPSA) is 105 Å². The van der Waals surface area contributed by atoms with E-state index in [0.29, 0.717) is 13.2 Å². The number of piperidine rings is 1. The molecular formula is C21H32N2O6S. The van der Waals surface area contributed by atoms with Gasteiger partial charge in [0.25, 0.3) is 0 Å². The summed E-state index contributed by atoms with van der Waals surface area (Å²) < 4.78 is 39.8. The maximum absolute atomic E-state index is 12.9. The molecule has 0 radical (unpaired) electrons. The second-order valence-corrected chi connectivity index (χ2v) is 10.2. The van der Waals surface area contributed by atoms with E-state index >= 15 is 0 Å². The summed E-state index contributed by atoms with van der Waals surface area (Å²) in [4.78, 5) is 14.1. The molecule has 3 rings (SSSR count). The van der Waals surface area contributed by atoms with Gasteiger partial charge < -0.3 is 19.5 Å². The Morgan fingerprint density at radius 3 is 2.23 bits per heavy atom. The first-order chi connectivity index (χ1) is 14.1. The maximum atomic E-state index is 12.9. The predicted octanol–water partition coefficient (Wildman–Crippen LogP) is 2.59. The van der Waals surface area contributed by atoms with E-state index in [0.717, 1.165) is 31.6 Å². The number of sulfonamides is 1. The fraction of sp³-hybridized carbons (Fsp3) is 0.667. The highest BCUT2D eigenvalue weighted by molar-refractivity contribution is 7.89. The molecule has 2 saturated heterocycles. The summed E-state index contributed by atoms with van der Waals surface area (Å²) in [5.41, 5.74) is -0.599. The summed E-state index contributed by atoms with van der Waals surface area (Å²) in [5.74, 6) is -1.58. The van der Waals surface area contributed by atoms with Crippen LogP contribution in [0.25, 0.3) is 0 Å². The lowest BCUT2D eigenvalue weighted by Crippen LogP contribution is -2.54. The molecule has 0 bridgehead atoms. The van der Waals surface area contributed by atoms with Gasteiger partial charge in [0.05, 0.1) is 18.1 Å². The van der Waals surface area contributed by atoms with Crippen molar-refractivity contribution in [2.75, 3.05) is 31.2 Å². The van der Waals surface area contributed by atoms with Gasteiger partial charge in [-0.1, -0.05) is 20.8 Å². The van der Waals surface area contributed by atoms with Gasteiger partial charge >= 0.3 is 5.97 Å². The molecule has 0 aromatic heterocycles. The van der Waals surface area contributed by atoms with E-state index in [9.17, 15) is 18.3 Å². The number of ether oxygens (including phenoxy) is 2. The molecule has 2 aliphatic heterocycles. The lowest BCUT2D eigenvalue weighted by molar-refractivity contribution is -0.169. The number of carboxylic acids is 1. The molecule has 2 aliphatic rings. The molecule has 1 atom stereocenters. The average Bonchev–Trinajstić information content (AvgIpc) is 3.15. The summed E-state index contributed by atoms with van der Waals surface area (Å²) in [7, 11) is -3.98. The molecule has 1 spiro atoms. The normalized spacial score (nSPS) is 21.1. The summed E-state index contributed by atoms with van der Waals surface area (Å²) in [6.45, 7) is 8.22. The van der Waals surface area contributed by atoms with Crippen LogP contribution < -0.4 is 9.62 Å². The molecule has 2 fully saturated rings. The minimum Gasteiger partial charge on any atom is -0.480 e. The molecule has 1 aromatic rings. The fourth-order valence-electron chi connectivity index (χ4n) is 4.28. The van der Waals surface area contributed by atoms with Crippen molar-refractivity contribution in [3.63, 3.8) is 0 Å². The minimum atomic E-state index is -3.98. The van der Waals surface area contributed by atoms with Gasteiger partial charge in [0, 0.05) is 31.6 Å². The Balaban J connectivity index is 1.72. The smallest absolute Gasteiger partial charge is 0.324 e. The lowest BCUT2D eigenvalue weighted by atomic mass is 9.87. The zero-order chi connectivity index (χ0) is 22.0. The van der Waals surface area contributed by atoms with Gasteiger partial charge in [-0.25, -0.2) is 8.42 Å². The van der Waals surface area contributed by atoms with Crippen molar-refractivity contribution in [3.05, 3.63) is 24.3 Å². The van der Waals surface area contributed by atoms with E-state index in [1.807, 2.05) is 13.8 Å². The van der Waals surface area contributed by atoms with Crippen LogP contribution in [0.2, 0.25) is 0 Å². The van der Waals surface area contributed by atoms with E-state index in [-0.39, 0.29) is 23.7 Å². The number of hydrogen-bond donors (Lipinski definition) is 2. The molecule has 2 N–H and O–H groups in total. The Kier molecular flexibility index (Phi) is 6.76. The summed E-state index contributed by atoms with van der Waals surface area (Å²) in [6.07, 6.45) is 1.91. The number of hydrogen-bond acceptors (Lipinski definition) is 6. The molecule has 8 nitrogen and oxygen atoms in total. The van der Waals surface area contributed by atoms with E-state index < -0.39 is 27.3 Å². The number of carboxylic acid groups (broad SMARTS) is 1. The maximum Gasteiger partial charge on any atom is 0.324 e. The van der Waals surface area contributed by atoms with Crippen molar-refractivity contribution >= 4 is 21.7 Å². The van der Waals surface area contributed by atoms with Crippen LogP contribution in [-0.2, 0) is 24.3 Å². The summed E-state index contributed by atoms with van der Waals surface area (Å²) in [5, 5.41) is 9.73. The quantitative estimate of drug-likeness (QED) is 0.640. The fourth-order valence-corrected chi connectivity index (χ4v) is 5.72. The number of anilines is 1. The Bertz CT molecular complexity index is 839. The molecule has 1 aromatic carbocycles. The summed E-state index contributed by atoms with van der Waals surface area (Å²) >= 11 is 0. The second kappa shape index (κ2) is 8.82. The van der Waals surface area contributed by atoms with Crippen LogP contribution in [0.1, 0.15) is 46.5 Å². The number of benzene rings is 1. The van der Waals surface area contributed by atoms with Crippen LogP contribution in [0.3, 0.4) is 0 Å². The second-order valence-electron chi connectivity index (χ2n) is 8.53. The molecule has 0 saturated carbocycles. The van der Waals surface area contributed by atoms with E-state index in [1.165, 1.54) is 12.1 Å². The monoisotopic (exact) mass is 440 g/mol. The Morgan fingerprint density at radius 2 is 1.77 bits per heavy atom. The molecule has 0 amide bonds. The van der Waals surface area contributed by atoms with Gasteiger partial charge in [-0.3, -0.25) is 4.79 Å². The van der Waals surface area contributed by atoms with Gasteiger partial charge in [0.15, 0.2) is 5.79 Å². The van der Waals surface area contributed by atoms with Crippen LogP contribution >= 0.6 is 0 Å². The first kappa shape index (κ1) is 23.0. The van der Waals surface area contributed by atoms with Gasteiger partial charge in [-0.05, 0) is 43.0 Å². The average molecular weight is 441 g/mol. The third kappa shape index (κ3) is 4.80. The largest absolute Gasteiger partial charge is 0.480 e. The first-order valence-corrected chi connectivity index (χ1v) is 12.0. The van der Waals surface area contributed by atoms with Crippen molar-refractivity contribution in [2.45, 2.75) is 62.7 Å². The molecule has 0 aliphatic carbocycles. The molecule has 168 valence electrons. The van der Waals surface area contributed by atoms with Crippen molar-refractivity contribution in [1.82, 2.24) is 4.72 Å². The van der Waals surface area contributed by atoms with Crippen LogP contribution in [0, 0.1) is 5.92 Å². The number of carbonyl (C=O) groups is 1. The zero-order valence-electron chi connectivity index (χ0n) is 17.9. The molecule has 2 heterocycles. The first-order valence-electron chi connectivity index (χ1n) is 10.5. The highest BCUT2D eigenvalue weighted by atomic mass is 32.2. The minimum absolute atomic E-state index is 0.0290. The molecule has 30 heavy (non-hydrogen) atoms. The Labute approximate surface area is 178 Å². The van der Waals surface area contributed by atoms with Gasteiger partial charge in [0.2, 0.25) is 10.0 Å². The molecular weight excluding hydrogens is 408 g/mol. The van der Waals surface area contributed by atoms with Crippen LogP contribution in [-0.4, -0.2) is 57.1 Å². The van der Waals surface area contributed by atoms with Crippen molar-refractivity contribution in [3.8, 4) is 0 Å². The van der Waals surface area contributed by atoms with Crippen LogP contribution in [0.5, 0.6) is 0 Å². The SMILES string of the molecule is CC[C@@](CC(C)C)(NS(=O)(=O)c1ccc(N2CCC3(CC2)OCCO3)cc1)C(=O)O. The zero-order valence-corrected chi connectivity index (χ0v) is 18.7. The Morgan fingerprint density at radius 1 is 1.20 bits per heavy atom. The number of rotatable bonds is 8. The van der Waals surface area contributed by atoms with E-state index in [2.05, 4.69) is 9.62 Å². The highest BCUT2D eigenvalue weighted by Gasteiger charge is 2.42. The van der Waals surface area contributed by atoms with Crippen molar-refractivity contribution < 1.29 is 27.8 Å². The van der Waals surface area contributed by atoms with E-state index in [1.54, 1.807) is 19.1 Å². The van der Waals surface area contributed by atoms with Gasteiger partial charge in [-0.2, -0.15) is 4.72 Å². The predicted molar refractivity (Wildman–Crippen MR) is 113 cm³/mol. The standard InChI is InChI=1S/C21H32N2O6S/c1-4-20(19(24)25,15-16(2)3)22-30(26,27)18-7-5-17(6-8-18)23-11-9-21(10-12-23)28-13-14-29-21/h5-8,16,22H,4,9-15H2,1-3H3,(H,24,25)/t20-/m0/s1. The Hall–Kier alpha value is -1.68. The number of nitrogens with one attached hydrogen (secondary N) is 1. The highest BCUT2D eigenvalue weighted by Crippen LogP contribution is 2.33. The number of nitrogens with zero attached hydrogens (tertiary/aromatic N) is 1. The van der Waals surface area contributed by atoms with Crippen LogP contribution in [0.4, 0.5) is 5.69 Å². The van der Waals surface area contributed by atoms with Crippen LogP contribution in [0.15, 0.2) is 29.2 Å². The van der Waals surface area contributed by atoms with Gasteiger partial charge in [0.1, 0.15) is 5.54 Å². The number of aliphatic carboxylic acids is 1. The van der Waals surface area contributed by atoms with Gasteiger partial charge in [-0.15, -0.1) is 0 Å². The molecule has 0 unspecified atom stereocenters. The summed E-state index contributed by atoms with van der Waals surface area (Å²) in [6, 6.07) is 6.59. The van der Waals surface area contributed by atoms with Crippen molar-refractivity contribution in [1.29, 1.82) is 0 Å². The third-order valence-electron chi connectivity index (χ3n) is 5.95. The molecule has 9 heteroatoms.